The number of nitrogens with zero attached hydrogens (tertiary/aromatic N) is 2. The van der Waals surface area contributed by atoms with Crippen molar-refractivity contribution >= 4 is 28.9 Å². The number of carbonyl (C=O) groups excluding carboxylic acids is 2. The lowest BCUT2D eigenvalue weighted by atomic mass is 10.1. The largest absolute Gasteiger partial charge is 0.378 e. The molecular weight excluding hydrogens is 366 g/mol. The fourth-order valence-electron chi connectivity index (χ4n) is 4.13. The molecule has 2 aromatic rings. The third-order valence-corrected chi connectivity index (χ3v) is 5.53. The van der Waals surface area contributed by atoms with Gasteiger partial charge in [-0.25, -0.2) is 0 Å². The summed E-state index contributed by atoms with van der Waals surface area (Å²) in [5, 5.41) is 3.06. The first kappa shape index (κ1) is 19.5. The molecule has 0 aliphatic carbocycles. The molecule has 1 atom stereocenters. The summed E-state index contributed by atoms with van der Waals surface area (Å²) in [5.74, 6) is -0.469. The Kier molecular flexibility index (Phi) is 5.53. The van der Waals surface area contributed by atoms with E-state index in [1.54, 1.807) is 4.90 Å². The average Bonchev–Trinajstić information content (AvgIpc) is 3.10. The van der Waals surface area contributed by atoms with Crippen molar-refractivity contribution in [2.24, 2.45) is 5.92 Å². The van der Waals surface area contributed by atoms with Crippen molar-refractivity contribution in [2.45, 2.75) is 20.3 Å². The van der Waals surface area contributed by atoms with E-state index in [2.05, 4.69) is 16.3 Å². The van der Waals surface area contributed by atoms with E-state index in [0.29, 0.717) is 19.8 Å². The summed E-state index contributed by atoms with van der Waals surface area (Å²) in [4.78, 5) is 29.5. The van der Waals surface area contributed by atoms with E-state index >= 15 is 0 Å². The number of aryl methyl sites for hydroxylation is 2. The maximum absolute atomic E-state index is 13.0. The first-order valence-electron chi connectivity index (χ1n) is 10.1. The highest BCUT2D eigenvalue weighted by Gasteiger charge is 2.35. The molecule has 29 heavy (non-hydrogen) atoms. The average molecular weight is 393 g/mol. The molecule has 0 radical (unpaired) electrons. The second-order valence-corrected chi connectivity index (χ2v) is 7.86. The van der Waals surface area contributed by atoms with Gasteiger partial charge in [0.05, 0.1) is 30.5 Å². The van der Waals surface area contributed by atoms with Gasteiger partial charge in [-0.05, 0) is 49.2 Å². The standard InChI is InChI=1S/C23H27N3O3/c1-16-11-17(2)13-19(12-16)26-15-18(14-22(26)27)23(28)24-20-5-3-4-6-21(20)25-7-9-29-10-8-25/h3-6,11-13,18H,7-10,14-15H2,1-2H3,(H,24,28). The number of rotatable bonds is 4. The van der Waals surface area contributed by atoms with E-state index in [4.69, 9.17) is 4.74 Å². The maximum Gasteiger partial charge on any atom is 0.229 e. The van der Waals surface area contributed by atoms with E-state index in [0.717, 1.165) is 41.3 Å². The van der Waals surface area contributed by atoms with Gasteiger partial charge in [-0.3, -0.25) is 9.59 Å². The predicted molar refractivity (Wildman–Crippen MR) is 114 cm³/mol. The molecule has 0 bridgehead atoms. The molecule has 6 nitrogen and oxygen atoms in total. The van der Waals surface area contributed by atoms with Crippen LogP contribution in [0, 0.1) is 19.8 Å². The van der Waals surface area contributed by atoms with E-state index in [-0.39, 0.29) is 24.2 Å². The zero-order valence-corrected chi connectivity index (χ0v) is 17.0. The Morgan fingerprint density at radius 3 is 2.48 bits per heavy atom. The number of amides is 2. The van der Waals surface area contributed by atoms with Crippen LogP contribution in [0.5, 0.6) is 0 Å². The van der Waals surface area contributed by atoms with Gasteiger partial charge in [0.2, 0.25) is 11.8 Å². The Morgan fingerprint density at radius 2 is 1.76 bits per heavy atom. The topological polar surface area (TPSA) is 61.9 Å². The number of para-hydroxylation sites is 2. The van der Waals surface area contributed by atoms with Crippen molar-refractivity contribution in [3.05, 3.63) is 53.6 Å². The monoisotopic (exact) mass is 393 g/mol. The van der Waals surface area contributed by atoms with Gasteiger partial charge in [0.25, 0.3) is 0 Å². The highest BCUT2D eigenvalue weighted by atomic mass is 16.5. The van der Waals surface area contributed by atoms with Crippen molar-refractivity contribution < 1.29 is 14.3 Å². The van der Waals surface area contributed by atoms with E-state index < -0.39 is 0 Å². The van der Waals surface area contributed by atoms with Crippen molar-refractivity contribution in [1.82, 2.24) is 0 Å². The summed E-state index contributed by atoms with van der Waals surface area (Å²) >= 11 is 0. The molecule has 2 aromatic carbocycles. The number of ether oxygens (including phenoxy) is 1. The lowest BCUT2D eigenvalue weighted by molar-refractivity contribution is -0.122. The fourth-order valence-corrected chi connectivity index (χ4v) is 4.13. The van der Waals surface area contributed by atoms with Crippen molar-refractivity contribution in [3.63, 3.8) is 0 Å². The van der Waals surface area contributed by atoms with Gasteiger partial charge in [-0.1, -0.05) is 18.2 Å². The van der Waals surface area contributed by atoms with Crippen LogP contribution in [-0.2, 0) is 14.3 Å². The molecule has 2 heterocycles. The first-order valence-corrected chi connectivity index (χ1v) is 10.1. The van der Waals surface area contributed by atoms with Crippen LogP contribution in [0.15, 0.2) is 42.5 Å². The number of benzene rings is 2. The highest BCUT2D eigenvalue weighted by molar-refractivity contribution is 6.04. The number of hydrogen-bond acceptors (Lipinski definition) is 4. The normalized spacial score (nSPS) is 19.5. The molecule has 2 fully saturated rings. The minimum atomic E-state index is -0.360. The van der Waals surface area contributed by atoms with E-state index in [1.165, 1.54) is 0 Å². The molecule has 2 aliphatic rings. The second kappa shape index (κ2) is 8.25. The fraction of sp³-hybridized carbons (Fsp3) is 0.391. The summed E-state index contributed by atoms with van der Waals surface area (Å²) in [5.41, 5.74) is 4.88. The predicted octanol–water partition coefficient (Wildman–Crippen LogP) is 3.13. The third-order valence-electron chi connectivity index (χ3n) is 5.53. The summed E-state index contributed by atoms with van der Waals surface area (Å²) < 4.78 is 5.43. The first-order chi connectivity index (χ1) is 14.0. The summed E-state index contributed by atoms with van der Waals surface area (Å²) in [6, 6.07) is 13.9. The van der Waals surface area contributed by atoms with Crippen LogP contribution in [0.2, 0.25) is 0 Å². The molecule has 6 heteroatoms. The third kappa shape index (κ3) is 4.27. The maximum atomic E-state index is 13.0. The number of nitrogens with one attached hydrogen (secondary N) is 1. The van der Waals surface area contributed by atoms with Crippen molar-refractivity contribution in [2.75, 3.05) is 48.0 Å². The Balaban J connectivity index is 1.48. The SMILES string of the molecule is Cc1cc(C)cc(N2CC(C(=O)Nc3ccccc3N3CCOCC3)CC2=O)c1. The molecule has 1 N–H and O–H groups in total. The van der Waals surface area contributed by atoms with Crippen LogP contribution in [0.1, 0.15) is 17.5 Å². The summed E-state index contributed by atoms with van der Waals surface area (Å²) in [6.07, 6.45) is 0.235. The van der Waals surface area contributed by atoms with Gasteiger partial charge in [0, 0.05) is 31.7 Å². The molecule has 0 spiro atoms. The van der Waals surface area contributed by atoms with Gasteiger partial charge >= 0.3 is 0 Å². The quantitative estimate of drug-likeness (QED) is 0.867. The number of hydrogen-bond donors (Lipinski definition) is 1. The summed E-state index contributed by atoms with van der Waals surface area (Å²) in [7, 11) is 0. The van der Waals surface area contributed by atoms with Crippen LogP contribution in [0.4, 0.5) is 17.1 Å². The van der Waals surface area contributed by atoms with E-state index in [1.807, 2.05) is 50.2 Å². The smallest absolute Gasteiger partial charge is 0.229 e. The Bertz CT molecular complexity index is 901. The minimum Gasteiger partial charge on any atom is -0.378 e. The molecule has 0 saturated carbocycles. The van der Waals surface area contributed by atoms with Crippen molar-refractivity contribution in [1.29, 1.82) is 0 Å². The molecule has 4 rings (SSSR count). The van der Waals surface area contributed by atoms with Crippen LogP contribution < -0.4 is 15.1 Å². The number of anilines is 3. The molecule has 2 aliphatic heterocycles. The summed E-state index contributed by atoms with van der Waals surface area (Å²) in [6.45, 7) is 7.42. The molecule has 0 aromatic heterocycles. The Hall–Kier alpha value is -2.86. The van der Waals surface area contributed by atoms with Gasteiger partial charge in [0.15, 0.2) is 0 Å². The minimum absolute atomic E-state index is 0.00313. The van der Waals surface area contributed by atoms with Gasteiger partial charge < -0.3 is 19.9 Å². The Labute approximate surface area is 171 Å². The lowest BCUT2D eigenvalue weighted by Crippen LogP contribution is -2.37. The second-order valence-electron chi connectivity index (χ2n) is 7.86. The van der Waals surface area contributed by atoms with Crippen LogP contribution in [0.3, 0.4) is 0 Å². The zero-order valence-electron chi connectivity index (χ0n) is 17.0. The van der Waals surface area contributed by atoms with Crippen LogP contribution in [0.25, 0.3) is 0 Å². The van der Waals surface area contributed by atoms with Crippen LogP contribution >= 0.6 is 0 Å². The molecule has 2 amide bonds. The lowest BCUT2D eigenvalue weighted by Gasteiger charge is -2.30. The van der Waals surface area contributed by atoms with Gasteiger partial charge in [-0.15, -0.1) is 0 Å². The van der Waals surface area contributed by atoms with E-state index in [9.17, 15) is 9.59 Å². The van der Waals surface area contributed by atoms with Crippen LogP contribution in [-0.4, -0.2) is 44.7 Å². The number of carbonyl (C=O) groups is 2. The molecule has 152 valence electrons. The number of morpholine rings is 1. The highest BCUT2D eigenvalue weighted by Crippen LogP contribution is 2.30. The Morgan fingerprint density at radius 1 is 1.07 bits per heavy atom. The molecular formula is C23H27N3O3. The zero-order chi connectivity index (χ0) is 20.4. The van der Waals surface area contributed by atoms with Gasteiger partial charge in [0.1, 0.15) is 0 Å². The van der Waals surface area contributed by atoms with Crippen molar-refractivity contribution in [3.8, 4) is 0 Å². The molecule has 1 unspecified atom stereocenters. The van der Waals surface area contributed by atoms with Gasteiger partial charge in [-0.2, -0.15) is 0 Å². The molecule has 2 saturated heterocycles.